The average Bonchev–Trinajstić information content (AvgIpc) is 3.30. The Morgan fingerprint density at radius 1 is 0.900 bits per heavy atom. The zero-order valence-electron chi connectivity index (χ0n) is 16.8. The lowest BCUT2D eigenvalue weighted by atomic mass is 10.1. The zero-order chi connectivity index (χ0) is 21.1. The van der Waals surface area contributed by atoms with E-state index >= 15 is 0 Å². The molecule has 7 heteroatoms. The Morgan fingerprint density at radius 3 is 2.27 bits per heavy atom. The molecule has 0 aliphatic carbocycles. The Hall–Kier alpha value is -2.48. The fraction of sp³-hybridized carbons (Fsp3) is 0.217. The molecule has 1 saturated heterocycles. The maximum absolute atomic E-state index is 13.5. The van der Waals surface area contributed by atoms with E-state index in [-0.39, 0.29) is 10.3 Å². The van der Waals surface area contributed by atoms with Gasteiger partial charge in [-0.15, -0.1) is 11.8 Å². The van der Waals surface area contributed by atoms with E-state index in [4.69, 9.17) is 9.47 Å². The molecule has 1 fully saturated rings. The van der Waals surface area contributed by atoms with Crippen LogP contribution in [-0.2, 0) is 10.0 Å². The molecule has 0 bridgehead atoms. The summed E-state index contributed by atoms with van der Waals surface area (Å²) in [7, 11) is -0.481. The molecule has 30 heavy (non-hydrogen) atoms. The maximum atomic E-state index is 13.5. The molecule has 0 spiro atoms. The summed E-state index contributed by atoms with van der Waals surface area (Å²) < 4.78 is 39.3. The third-order valence-corrected chi connectivity index (χ3v) is 8.37. The molecule has 1 aliphatic heterocycles. The third kappa shape index (κ3) is 3.93. The standard InChI is InChI=1S/C23H23NO4S2/c1-27-19-10-13-22(28-2)21(16-19)23-24(14-15-29-23)30(25,26)20-11-8-18(9-12-20)17-6-4-3-5-7-17/h3-13,16,23H,14-15H2,1-2H3/t23-/m0/s1. The summed E-state index contributed by atoms with van der Waals surface area (Å²) in [5, 5.41) is -0.367. The fourth-order valence-electron chi connectivity index (χ4n) is 3.56. The molecule has 5 nitrogen and oxygen atoms in total. The van der Waals surface area contributed by atoms with Crippen LogP contribution in [-0.4, -0.2) is 39.2 Å². The van der Waals surface area contributed by atoms with Crippen molar-refractivity contribution in [3.05, 3.63) is 78.4 Å². The van der Waals surface area contributed by atoms with Crippen molar-refractivity contribution >= 4 is 21.8 Å². The quantitative estimate of drug-likeness (QED) is 0.550. The predicted molar refractivity (Wildman–Crippen MR) is 121 cm³/mol. The summed E-state index contributed by atoms with van der Waals surface area (Å²) in [5.74, 6) is 2.03. The number of rotatable bonds is 6. The van der Waals surface area contributed by atoms with E-state index in [9.17, 15) is 8.42 Å². The normalized spacial score (nSPS) is 17.1. The highest BCUT2D eigenvalue weighted by molar-refractivity contribution is 8.01. The number of sulfonamides is 1. The molecule has 1 aliphatic rings. The van der Waals surface area contributed by atoms with Crippen LogP contribution in [0, 0.1) is 0 Å². The molecular weight excluding hydrogens is 418 g/mol. The number of benzene rings is 3. The van der Waals surface area contributed by atoms with Crippen molar-refractivity contribution in [3.8, 4) is 22.6 Å². The van der Waals surface area contributed by atoms with Crippen molar-refractivity contribution < 1.29 is 17.9 Å². The van der Waals surface area contributed by atoms with Crippen LogP contribution in [0.5, 0.6) is 11.5 Å². The van der Waals surface area contributed by atoms with Gasteiger partial charge in [0.2, 0.25) is 10.0 Å². The van der Waals surface area contributed by atoms with E-state index in [1.807, 2.05) is 60.7 Å². The second kappa shape index (κ2) is 8.71. The van der Waals surface area contributed by atoms with Crippen molar-refractivity contribution in [1.29, 1.82) is 0 Å². The molecule has 0 unspecified atom stereocenters. The SMILES string of the molecule is COc1ccc(OC)c([C@@H]2SCCN2S(=O)(=O)c2ccc(-c3ccccc3)cc2)c1. The number of thioether (sulfide) groups is 1. The summed E-state index contributed by atoms with van der Waals surface area (Å²) in [6.07, 6.45) is 0. The molecule has 0 radical (unpaired) electrons. The monoisotopic (exact) mass is 441 g/mol. The number of hydrogen-bond donors (Lipinski definition) is 0. The topological polar surface area (TPSA) is 55.8 Å². The molecule has 4 rings (SSSR count). The zero-order valence-corrected chi connectivity index (χ0v) is 18.4. The average molecular weight is 442 g/mol. The second-order valence-corrected chi connectivity index (χ2v) is 9.92. The smallest absolute Gasteiger partial charge is 0.244 e. The van der Waals surface area contributed by atoms with E-state index in [0.717, 1.165) is 16.7 Å². The highest BCUT2D eigenvalue weighted by atomic mass is 32.2. The van der Waals surface area contributed by atoms with Gasteiger partial charge >= 0.3 is 0 Å². The van der Waals surface area contributed by atoms with Crippen molar-refractivity contribution in [2.45, 2.75) is 10.3 Å². The van der Waals surface area contributed by atoms with Crippen LogP contribution < -0.4 is 9.47 Å². The summed E-state index contributed by atoms with van der Waals surface area (Å²) in [6.45, 7) is 0.443. The minimum atomic E-state index is -3.66. The van der Waals surface area contributed by atoms with E-state index in [1.54, 1.807) is 42.4 Å². The molecule has 1 atom stereocenters. The first kappa shape index (κ1) is 20.8. The molecule has 3 aromatic carbocycles. The van der Waals surface area contributed by atoms with Gasteiger partial charge in [0.15, 0.2) is 0 Å². The number of hydrogen-bond acceptors (Lipinski definition) is 5. The van der Waals surface area contributed by atoms with Crippen LogP contribution in [0.3, 0.4) is 0 Å². The first-order valence-electron chi connectivity index (χ1n) is 9.55. The van der Waals surface area contributed by atoms with Crippen molar-refractivity contribution in [1.82, 2.24) is 4.31 Å². The van der Waals surface area contributed by atoms with E-state index in [2.05, 4.69) is 0 Å². The first-order chi connectivity index (χ1) is 14.5. The molecule has 156 valence electrons. The lowest BCUT2D eigenvalue weighted by Gasteiger charge is -2.25. The summed E-state index contributed by atoms with van der Waals surface area (Å²) in [5.41, 5.74) is 2.83. The molecule has 0 N–H and O–H groups in total. The van der Waals surface area contributed by atoms with Gasteiger partial charge in [-0.1, -0.05) is 42.5 Å². The Kier molecular flexibility index (Phi) is 6.04. The maximum Gasteiger partial charge on any atom is 0.244 e. The van der Waals surface area contributed by atoms with Gasteiger partial charge in [-0.3, -0.25) is 0 Å². The van der Waals surface area contributed by atoms with E-state index < -0.39 is 10.0 Å². The molecular formula is C23H23NO4S2. The molecule has 0 amide bonds. The van der Waals surface area contributed by atoms with Gasteiger partial charge in [-0.2, -0.15) is 4.31 Å². The lowest BCUT2D eigenvalue weighted by molar-refractivity contribution is 0.382. The predicted octanol–water partition coefficient (Wildman–Crippen LogP) is 4.81. The number of methoxy groups -OCH3 is 2. The van der Waals surface area contributed by atoms with E-state index in [0.29, 0.717) is 23.8 Å². The Bertz CT molecular complexity index is 1120. The highest BCUT2D eigenvalue weighted by Crippen LogP contribution is 2.45. The second-order valence-electron chi connectivity index (χ2n) is 6.84. The van der Waals surface area contributed by atoms with Crippen LogP contribution in [0.25, 0.3) is 11.1 Å². The van der Waals surface area contributed by atoms with Crippen LogP contribution in [0.2, 0.25) is 0 Å². The number of nitrogens with zero attached hydrogens (tertiary/aromatic N) is 1. The third-order valence-electron chi connectivity index (χ3n) is 5.12. The van der Waals surface area contributed by atoms with Gasteiger partial charge in [0.05, 0.1) is 24.5 Å². The van der Waals surface area contributed by atoms with Crippen molar-refractivity contribution in [3.63, 3.8) is 0 Å². The highest BCUT2D eigenvalue weighted by Gasteiger charge is 2.38. The molecule has 0 saturated carbocycles. The van der Waals surface area contributed by atoms with Gasteiger partial charge in [0, 0.05) is 17.9 Å². The van der Waals surface area contributed by atoms with Gasteiger partial charge < -0.3 is 9.47 Å². The van der Waals surface area contributed by atoms with Gasteiger partial charge in [0.25, 0.3) is 0 Å². The lowest BCUT2D eigenvalue weighted by Crippen LogP contribution is -2.30. The first-order valence-corrected chi connectivity index (χ1v) is 12.0. The van der Waals surface area contributed by atoms with Gasteiger partial charge in [0.1, 0.15) is 11.5 Å². The molecule has 3 aromatic rings. The van der Waals surface area contributed by atoms with Crippen LogP contribution in [0.1, 0.15) is 10.9 Å². The molecule has 0 aromatic heterocycles. The Labute approximate surface area is 181 Å². The Morgan fingerprint density at radius 2 is 1.60 bits per heavy atom. The number of ether oxygens (including phenoxy) is 2. The summed E-state index contributed by atoms with van der Waals surface area (Å²) >= 11 is 1.59. The van der Waals surface area contributed by atoms with Crippen molar-refractivity contribution in [2.75, 3.05) is 26.5 Å². The van der Waals surface area contributed by atoms with Crippen LogP contribution in [0.4, 0.5) is 0 Å². The van der Waals surface area contributed by atoms with Gasteiger partial charge in [-0.25, -0.2) is 8.42 Å². The fourth-order valence-corrected chi connectivity index (χ4v) is 6.81. The van der Waals surface area contributed by atoms with Crippen molar-refractivity contribution in [2.24, 2.45) is 0 Å². The summed E-state index contributed by atoms with van der Waals surface area (Å²) in [4.78, 5) is 0.288. The largest absolute Gasteiger partial charge is 0.497 e. The minimum absolute atomic E-state index is 0.288. The van der Waals surface area contributed by atoms with Gasteiger partial charge in [-0.05, 0) is 41.5 Å². The molecule has 1 heterocycles. The van der Waals surface area contributed by atoms with E-state index in [1.165, 1.54) is 0 Å². The Balaban J connectivity index is 1.67. The van der Waals surface area contributed by atoms with Crippen LogP contribution >= 0.6 is 11.8 Å². The summed E-state index contributed by atoms with van der Waals surface area (Å²) in [6, 6.07) is 22.4. The minimum Gasteiger partial charge on any atom is -0.497 e. The van der Waals surface area contributed by atoms with Crippen LogP contribution in [0.15, 0.2) is 77.7 Å².